The van der Waals surface area contributed by atoms with Crippen molar-refractivity contribution in [3.63, 3.8) is 0 Å². The van der Waals surface area contributed by atoms with Gasteiger partial charge in [-0.1, -0.05) is 31.9 Å². The molecule has 2 rings (SSSR count). The van der Waals surface area contributed by atoms with Crippen LogP contribution in [0.4, 0.5) is 0 Å². The first-order valence-electron chi connectivity index (χ1n) is 5.59. The summed E-state index contributed by atoms with van der Waals surface area (Å²) in [5, 5.41) is 16.3. The SMILES string of the molecule is N=Cc1cc(Br)cc(Br)c1O.NC(=O)c1ccc(Br)cc1. The van der Waals surface area contributed by atoms with E-state index in [1.54, 1.807) is 36.4 Å². The van der Waals surface area contributed by atoms with Gasteiger partial charge in [0.05, 0.1) is 4.47 Å². The van der Waals surface area contributed by atoms with E-state index < -0.39 is 5.91 Å². The van der Waals surface area contributed by atoms with Crippen LogP contribution in [0.3, 0.4) is 0 Å². The predicted octanol–water partition coefficient (Wildman–Crippen LogP) is 4.46. The van der Waals surface area contributed by atoms with Gasteiger partial charge in [0.1, 0.15) is 5.75 Å². The van der Waals surface area contributed by atoms with Crippen LogP contribution in [0.2, 0.25) is 0 Å². The molecule has 0 aliphatic heterocycles. The van der Waals surface area contributed by atoms with Crippen molar-refractivity contribution in [1.82, 2.24) is 0 Å². The summed E-state index contributed by atoms with van der Waals surface area (Å²) < 4.78 is 2.36. The molecule has 110 valence electrons. The van der Waals surface area contributed by atoms with Gasteiger partial charge in [-0.15, -0.1) is 0 Å². The zero-order valence-corrected chi connectivity index (χ0v) is 15.4. The summed E-state index contributed by atoms with van der Waals surface area (Å²) in [6.07, 6.45) is 1.10. The van der Waals surface area contributed by atoms with E-state index in [1.807, 2.05) is 0 Å². The van der Waals surface area contributed by atoms with E-state index in [-0.39, 0.29) is 5.75 Å². The lowest BCUT2D eigenvalue weighted by atomic mass is 10.2. The average molecular weight is 479 g/mol. The Bertz CT molecular complexity index is 658. The van der Waals surface area contributed by atoms with Crippen molar-refractivity contribution in [3.05, 3.63) is 60.9 Å². The maximum Gasteiger partial charge on any atom is 0.248 e. The van der Waals surface area contributed by atoms with Crippen LogP contribution < -0.4 is 5.73 Å². The maximum atomic E-state index is 10.5. The van der Waals surface area contributed by atoms with Crippen LogP contribution in [-0.2, 0) is 0 Å². The molecule has 2 aromatic carbocycles. The van der Waals surface area contributed by atoms with Gasteiger partial charge in [0.15, 0.2) is 0 Å². The lowest BCUT2D eigenvalue weighted by molar-refractivity contribution is 0.100. The van der Waals surface area contributed by atoms with E-state index in [0.29, 0.717) is 15.6 Å². The van der Waals surface area contributed by atoms with Crippen LogP contribution in [-0.4, -0.2) is 17.2 Å². The van der Waals surface area contributed by atoms with Gasteiger partial charge in [-0.05, 0) is 52.3 Å². The first-order chi connectivity index (χ1) is 9.85. The minimum atomic E-state index is -0.396. The molecule has 0 atom stereocenters. The molecule has 4 N–H and O–H groups in total. The van der Waals surface area contributed by atoms with Gasteiger partial charge in [0, 0.05) is 26.3 Å². The van der Waals surface area contributed by atoms with Crippen molar-refractivity contribution in [2.75, 3.05) is 0 Å². The van der Waals surface area contributed by atoms with Crippen molar-refractivity contribution < 1.29 is 9.90 Å². The van der Waals surface area contributed by atoms with Crippen LogP contribution in [0, 0.1) is 5.41 Å². The fraction of sp³-hybridized carbons (Fsp3) is 0. The Kier molecular flexibility index (Phi) is 7.07. The highest BCUT2D eigenvalue weighted by Gasteiger charge is 2.03. The molecule has 0 saturated carbocycles. The average Bonchev–Trinajstić information content (AvgIpc) is 2.44. The van der Waals surface area contributed by atoms with E-state index in [2.05, 4.69) is 47.8 Å². The smallest absolute Gasteiger partial charge is 0.248 e. The van der Waals surface area contributed by atoms with Crippen LogP contribution in [0.5, 0.6) is 5.75 Å². The number of halogens is 3. The Morgan fingerprint density at radius 2 is 1.67 bits per heavy atom. The standard InChI is InChI=1S/C7H5Br2NO.C7H6BrNO/c8-5-1-4(3-10)7(11)6(9)2-5;8-6-3-1-5(2-4-6)7(9)10/h1-3,10-11H;1-4H,(H2,9,10). The Morgan fingerprint density at radius 1 is 1.10 bits per heavy atom. The molecular weight excluding hydrogens is 468 g/mol. The fourth-order valence-electron chi connectivity index (χ4n) is 1.31. The number of hydrogen-bond donors (Lipinski definition) is 3. The van der Waals surface area contributed by atoms with Gasteiger partial charge < -0.3 is 16.2 Å². The molecule has 0 aromatic heterocycles. The highest BCUT2D eigenvalue weighted by Crippen LogP contribution is 2.30. The Morgan fingerprint density at radius 3 is 2.14 bits per heavy atom. The maximum absolute atomic E-state index is 10.5. The number of carbonyl (C=O) groups is 1. The normalized spacial score (nSPS) is 9.48. The number of aromatic hydroxyl groups is 1. The molecule has 0 spiro atoms. The summed E-state index contributed by atoms with van der Waals surface area (Å²) in [5.74, 6) is -0.296. The summed E-state index contributed by atoms with van der Waals surface area (Å²) in [6.45, 7) is 0. The molecule has 1 amide bonds. The minimum absolute atomic E-state index is 0.100. The van der Waals surface area contributed by atoms with Crippen LogP contribution in [0.15, 0.2) is 49.8 Å². The lowest BCUT2D eigenvalue weighted by Gasteiger charge is -2.01. The summed E-state index contributed by atoms with van der Waals surface area (Å²) in [4.78, 5) is 10.5. The van der Waals surface area contributed by atoms with Gasteiger partial charge in [-0.3, -0.25) is 4.79 Å². The number of phenolic OH excluding ortho intramolecular Hbond substituents is 1. The molecule has 0 aliphatic rings. The third-order valence-electron chi connectivity index (χ3n) is 2.34. The van der Waals surface area contributed by atoms with Gasteiger partial charge in [0.2, 0.25) is 5.91 Å². The number of nitrogens with two attached hydrogens (primary N) is 1. The molecule has 21 heavy (non-hydrogen) atoms. The topological polar surface area (TPSA) is 87.2 Å². The third kappa shape index (κ3) is 5.61. The molecule has 2 aromatic rings. The number of phenols is 1. The van der Waals surface area contributed by atoms with Crippen LogP contribution in [0.1, 0.15) is 15.9 Å². The zero-order chi connectivity index (χ0) is 16.0. The van der Waals surface area contributed by atoms with E-state index in [9.17, 15) is 9.90 Å². The summed E-state index contributed by atoms with van der Waals surface area (Å²) in [6, 6.07) is 10.3. The number of carbonyl (C=O) groups excluding carboxylic acids is 1. The Balaban J connectivity index is 0.000000211. The van der Waals surface area contributed by atoms with Gasteiger partial charge in [0.25, 0.3) is 0 Å². The summed E-state index contributed by atoms with van der Waals surface area (Å²) >= 11 is 9.64. The largest absolute Gasteiger partial charge is 0.506 e. The van der Waals surface area contributed by atoms with E-state index in [1.165, 1.54) is 0 Å². The summed E-state index contributed by atoms with van der Waals surface area (Å²) in [7, 11) is 0. The van der Waals surface area contributed by atoms with E-state index in [4.69, 9.17) is 11.1 Å². The van der Waals surface area contributed by atoms with Crippen molar-refractivity contribution in [3.8, 4) is 5.75 Å². The number of amides is 1. The molecule has 0 saturated heterocycles. The van der Waals surface area contributed by atoms with Crippen LogP contribution >= 0.6 is 47.8 Å². The number of nitrogens with one attached hydrogen (secondary N) is 1. The molecule has 0 radical (unpaired) electrons. The second kappa shape index (κ2) is 8.31. The van der Waals surface area contributed by atoms with Crippen molar-refractivity contribution in [2.45, 2.75) is 0 Å². The van der Waals surface area contributed by atoms with E-state index in [0.717, 1.165) is 15.2 Å². The molecule has 0 aliphatic carbocycles. The molecular formula is C14H11Br3N2O2. The fourth-order valence-corrected chi connectivity index (χ4v) is 2.83. The van der Waals surface area contributed by atoms with Crippen molar-refractivity contribution >= 4 is 59.9 Å². The lowest BCUT2D eigenvalue weighted by Crippen LogP contribution is -2.10. The molecule has 7 heteroatoms. The second-order valence-corrected chi connectivity index (χ2v) is 6.53. The van der Waals surface area contributed by atoms with Gasteiger partial charge >= 0.3 is 0 Å². The minimum Gasteiger partial charge on any atom is -0.506 e. The Hall–Kier alpha value is -1.18. The first kappa shape index (κ1) is 17.9. The number of primary amides is 1. The van der Waals surface area contributed by atoms with Crippen molar-refractivity contribution in [1.29, 1.82) is 5.41 Å². The first-order valence-corrected chi connectivity index (χ1v) is 7.97. The predicted molar refractivity (Wildman–Crippen MR) is 94.1 cm³/mol. The highest BCUT2D eigenvalue weighted by molar-refractivity contribution is 9.11. The molecule has 0 heterocycles. The second-order valence-electron chi connectivity index (χ2n) is 3.84. The van der Waals surface area contributed by atoms with Crippen molar-refractivity contribution in [2.24, 2.45) is 5.73 Å². The third-order valence-corrected chi connectivity index (χ3v) is 3.93. The number of benzene rings is 2. The van der Waals surface area contributed by atoms with Gasteiger partial charge in [-0.25, -0.2) is 0 Å². The Labute approximate surface area is 147 Å². The highest BCUT2D eigenvalue weighted by atomic mass is 79.9. The molecule has 0 fully saturated rings. The molecule has 0 unspecified atom stereocenters. The number of hydrogen-bond acceptors (Lipinski definition) is 3. The van der Waals surface area contributed by atoms with Crippen LogP contribution in [0.25, 0.3) is 0 Å². The van der Waals surface area contributed by atoms with E-state index >= 15 is 0 Å². The molecule has 0 bridgehead atoms. The van der Waals surface area contributed by atoms with Gasteiger partial charge in [-0.2, -0.15) is 0 Å². The quantitative estimate of drug-likeness (QED) is 0.556. The number of rotatable bonds is 2. The monoisotopic (exact) mass is 476 g/mol. The zero-order valence-electron chi connectivity index (χ0n) is 10.6. The molecule has 4 nitrogen and oxygen atoms in total. The summed E-state index contributed by atoms with van der Waals surface area (Å²) in [5.41, 5.74) is 6.03.